The van der Waals surface area contributed by atoms with E-state index >= 15 is 0 Å². The molecule has 0 aliphatic carbocycles. The molecule has 0 saturated carbocycles. The molecule has 32 heavy (non-hydrogen) atoms. The molecule has 5 rings (SSSR count). The lowest BCUT2D eigenvalue weighted by atomic mass is 9.99. The summed E-state index contributed by atoms with van der Waals surface area (Å²) in [5.41, 5.74) is 1.59. The van der Waals surface area contributed by atoms with Gasteiger partial charge in [-0.2, -0.15) is 0 Å². The molecule has 0 radical (unpaired) electrons. The molecular formula is C25H21NO5S. The number of likely N-dealkylation sites (tertiary alicyclic amines) is 1. The van der Waals surface area contributed by atoms with E-state index in [-0.39, 0.29) is 11.3 Å². The SMILES string of the molecule is O=C1C(=O)N(CCc2ccccc2)[C@H](c2cccs2)/C1=C(\O)c1ccc2c(c1)OCCO2. The summed E-state index contributed by atoms with van der Waals surface area (Å²) in [5, 5.41) is 13.1. The van der Waals surface area contributed by atoms with E-state index in [9.17, 15) is 14.7 Å². The van der Waals surface area contributed by atoms with Crippen LogP contribution in [0.5, 0.6) is 11.5 Å². The first-order chi connectivity index (χ1) is 15.6. The maximum atomic E-state index is 13.1. The Hall–Kier alpha value is -3.58. The second kappa shape index (κ2) is 8.51. The van der Waals surface area contributed by atoms with Gasteiger partial charge < -0.3 is 19.5 Å². The third kappa shape index (κ3) is 3.65. The van der Waals surface area contributed by atoms with Gasteiger partial charge in [0.05, 0.1) is 11.6 Å². The summed E-state index contributed by atoms with van der Waals surface area (Å²) in [7, 11) is 0. The Morgan fingerprint density at radius 2 is 1.78 bits per heavy atom. The number of Topliss-reactive ketones (excluding diaryl/α,β-unsaturated/α-hetero) is 1. The fourth-order valence-electron chi connectivity index (χ4n) is 4.09. The van der Waals surface area contributed by atoms with Crippen LogP contribution in [0.15, 0.2) is 71.6 Å². The van der Waals surface area contributed by atoms with Gasteiger partial charge in [-0.05, 0) is 41.6 Å². The van der Waals surface area contributed by atoms with Crippen molar-refractivity contribution < 1.29 is 24.2 Å². The molecule has 2 aliphatic heterocycles. The van der Waals surface area contributed by atoms with Crippen molar-refractivity contribution in [2.24, 2.45) is 0 Å². The van der Waals surface area contributed by atoms with E-state index in [2.05, 4.69) is 0 Å². The van der Waals surface area contributed by atoms with E-state index in [4.69, 9.17) is 9.47 Å². The molecule has 1 aromatic heterocycles. The number of ether oxygens (including phenoxy) is 2. The van der Waals surface area contributed by atoms with Gasteiger partial charge in [-0.25, -0.2) is 0 Å². The third-order valence-corrected chi connectivity index (χ3v) is 6.58. The number of hydrogen-bond acceptors (Lipinski definition) is 6. The molecule has 7 heteroatoms. The summed E-state index contributed by atoms with van der Waals surface area (Å²) in [4.78, 5) is 28.5. The molecule has 0 unspecified atom stereocenters. The predicted octanol–water partition coefficient (Wildman–Crippen LogP) is 4.18. The van der Waals surface area contributed by atoms with Crippen molar-refractivity contribution in [1.82, 2.24) is 4.90 Å². The lowest BCUT2D eigenvalue weighted by Crippen LogP contribution is -2.31. The highest BCUT2D eigenvalue weighted by Crippen LogP contribution is 2.42. The Labute approximate surface area is 189 Å². The smallest absolute Gasteiger partial charge is 0.295 e. The van der Waals surface area contributed by atoms with Gasteiger partial charge in [0.15, 0.2) is 11.5 Å². The fraction of sp³-hybridized carbons (Fsp3) is 0.200. The zero-order chi connectivity index (χ0) is 22.1. The standard InChI is InChI=1S/C25H21NO5S/c27-23(17-8-9-18-19(15-17)31-13-12-30-18)21-22(20-7-4-14-32-20)26(25(29)24(21)28)11-10-16-5-2-1-3-6-16/h1-9,14-15,22,27H,10-13H2/b23-21+/t22-/m1/s1. The molecule has 2 aliphatic rings. The van der Waals surface area contributed by atoms with Crippen LogP contribution >= 0.6 is 11.3 Å². The van der Waals surface area contributed by atoms with Crippen LogP contribution in [-0.4, -0.2) is 41.5 Å². The Morgan fingerprint density at radius 1 is 1.00 bits per heavy atom. The average Bonchev–Trinajstić information content (AvgIpc) is 3.45. The highest BCUT2D eigenvalue weighted by Gasteiger charge is 2.46. The van der Waals surface area contributed by atoms with Crippen LogP contribution in [0.2, 0.25) is 0 Å². The fourth-order valence-corrected chi connectivity index (χ4v) is 4.94. The second-order valence-corrected chi connectivity index (χ2v) is 8.58. The molecule has 0 spiro atoms. The molecule has 0 bridgehead atoms. The van der Waals surface area contributed by atoms with E-state index < -0.39 is 17.7 Å². The maximum Gasteiger partial charge on any atom is 0.295 e. The van der Waals surface area contributed by atoms with Gasteiger partial charge in [0.2, 0.25) is 0 Å². The van der Waals surface area contributed by atoms with Gasteiger partial charge in [0.1, 0.15) is 19.0 Å². The van der Waals surface area contributed by atoms with Crippen molar-refractivity contribution in [2.75, 3.05) is 19.8 Å². The van der Waals surface area contributed by atoms with Crippen molar-refractivity contribution in [3.05, 3.63) is 87.6 Å². The highest BCUT2D eigenvalue weighted by molar-refractivity contribution is 7.10. The molecule has 1 fully saturated rings. The summed E-state index contributed by atoms with van der Waals surface area (Å²) in [6, 6.07) is 18.0. The summed E-state index contributed by atoms with van der Waals surface area (Å²) in [5.74, 6) is -0.389. The van der Waals surface area contributed by atoms with E-state index in [0.717, 1.165) is 10.4 Å². The van der Waals surface area contributed by atoms with Crippen LogP contribution in [-0.2, 0) is 16.0 Å². The molecule has 1 N–H and O–H groups in total. The first kappa shape index (κ1) is 20.3. The number of thiophene rings is 1. The monoisotopic (exact) mass is 447 g/mol. The van der Waals surface area contributed by atoms with Gasteiger partial charge in [0, 0.05) is 17.0 Å². The van der Waals surface area contributed by atoms with Crippen molar-refractivity contribution in [3.8, 4) is 11.5 Å². The summed E-state index contributed by atoms with van der Waals surface area (Å²) >= 11 is 1.45. The van der Waals surface area contributed by atoms with E-state index in [0.29, 0.717) is 43.2 Å². The number of fused-ring (bicyclic) bond motifs is 1. The predicted molar refractivity (Wildman–Crippen MR) is 121 cm³/mol. The molecule has 1 amide bonds. The first-order valence-corrected chi connectivity index (χ1v) is 11.3. The number of carbonyl (C=O) groups is 2. The zero-order valence-corrected chi connectivity index (χ0v) is 18.0. The minimum absolute atomic E-state index is 0.0992. The van der Waals surface area contributed by atoms with Crippen molar-refractivity contribution in [1.29, 1.82) is 0 Å². The van der Waals surface area contributed by atoms with Crippen LogP contribution in [0.25, 0.3) is 5.76 Å². The third-order valence-electron chi connectivity index (χ3n) is 5.65. The number of carbonyl (C=O) groups excluding carboxylic acids is 2. The van der Waals surface area contributed by atoms with Gasteiger partial charge in [-0.1, -0.05) is 36.4 Å². The molecule has 1 saturated heterocycles. The van der Waals surface area contributed by atoms with E-state index in [1.807, 2.05) is 47.8 Å². The topological polar surface area (TPSA) is 76.1 Å². The number of aliphatic hydroxyl groups excluding tert-OH is 1. The Morgan fingerprint density at radius 3 is 2.53 bits per heavy atom. The molecule has 3 heterocycles. The minimum atomic E-state index is -0.677. The number of aliphatic hydroxyl groups is 1. The average molecular weight is 448 g/mol. The van der Waals surface area contributed by atoms with Crippen LogP contribution in [0.1, 0.15) is 22.0 Å². The summed E-state index contributed by atoms with van der Waals surface area (Å²) < 4.78 is 11.2. The number of rotatable bonds is 5. The van der Waals surface area contributed by atoms with Gasteiger partial charge in [-0.3, -0.25) is 9.59 Å². The van der Waals surface area contributed by atoms with Gasteiger partial charge in [-0.15, -0.1) is 11.3 Å². The van der Waals surface area contributed by atoms with Crippen molar-refractivity contribution in [3.63, 3.8) is 0 Å². The number of ketones is 1. The molecule has 1 atom stereocenters. The molecule has 2 aromatic carbocycles. The van der Waals surface area contributed by atoms with Gasteiger partial charge in [0.25, 0.3) is 11.7 Å². The van der Waals surface area contributed by atoms with E-state index in [1.54, 1.807) is 23.1 Å². The van der Waals surface area contributed by atoms with Crippen molar-refractivity contribution in [2.45, 2.75) is 12.5 Å². The highest BCUT2D eigenvalue weighted by atomic mass is 32.1. The Bertz CT molecular complexity index is 1190. The molecule has 6 nitrogen and oxygen atoms in total. The zero-order valence-electron chi connectivity index (χ0n) is 17.2. The quantitative estimate of drug-likeness (QED) is 0.361. The maximum absolute atomic E-state index is 13.1. The van der Waals surface area contributed by atoms with E-state index in [1.165, 1.54) is 11.3 Å². The summed E-state index contributed by atoms with van der Waals surface area (Å²) in [6.45, 7) is 1.24. The van der Waals surface area contributed by atoms with Crippen LogP contribution in [0.3, 0.4) is 0 Å². The lowest BCUT2D eigenvalue weighted by molar-refractivity contribution is -0.139. The van der Waals surface area contributed by atoms with Gasteiger partial charge >= 0.3 is 0 Å². The van der Waals surface area contributed by atoms with Crippen molar-refractivity contribution >= 4 is 28.8 Å². The normalized spacial score (nSPS) is 19.4. The molecule has 3 aromatic rings. The molecule has 162 valence electrons. The number of amides is 1. The largest absolute Gasteiger partial charge is 0.507 e. The van der Waals surface area contributed by atoms with Crippen LogP contribution in [0.4, 0.5) is 0 Å². The summed E-state index contributed by atoms with van der Waals surface area (Å²) in [6.07, 6.45) is 0.611. The minimum Gasteiger partial charge on any atom is -0.507 e. The Balaban J connectivity index is 1.54. The Kier molecular flexibility index (Phi) is 5.41. The van der Waals surface area contributed by atoms with Crippen LogP contribution in [0, 0.1) is 0 Å². The number of benzene rings is 2. The second-order valence-electron chi connectivity index (χ2n) is 7.60. The number of hydrogen-bond donors (Lipinski definition) is 1. The lowest BCUT2D eigenvalue weighted by Gasteiger charge is -2.24. The van der Waals surface area contributed by atoms with Crippen LogP contribution < -0.4 is 9.47 Å². The first-order valence-electron chi connectivity index (χ1n) is 10.4. The number of nitrogens with zero attached hydrogens (tertiary/aromatic N) is 1. The molecular weight excluding hydrogens is 426 g/mol.